The summed E-state index contributed by atoms with van der Waals surface area (Å²) in [5.41, 5.74) is 0. The van der Waals surface area contributed by atoms with E-state index in [0.717, 1.165) is 11.8 Å². The van der Waals surface area contributed by atoms with Crippen molar-refractivity contribution in [3.63, 3.8) is 0 Å². The zero-order chi connectivity index (χ0) is 11.2. The van der Waals surface area contributed by atoms with E-state index in [1.807, 2.05) is 0 Å². The first-order valence-electron chi connectivity index (χ1n) is 6.68. The summed E-state index contributed by atoms with van der Waals surface area (Å²) in [6.45, 7) is 0. The van der Waals surface area contributed by atoms with Crippen molar-refractivity contribution in [2.75, 3.05) is 11.5 Å². The van der Waals surface area contributed by atoms with Crippen molar-refractivity contribution in [3.8, 4) is 0 Å². The molecule has 0 amide bonds. The molecule has 6 aliphatic rings. The largest absolute Gasteiger partial charge is 0.228 e. The molecule has 2 nitrogen and oxygen atoms in total. The van der Waals surface area contributed by atoms with Gasteiger partial charge in [-0.2, -0.15) is 0 Å². The summed E-state index contributed by atoms with van der Waals surface area (Å²) in [6.07, 6.45) is 1.26. The predicted molar refractivity (Wildman–Crippen MR) is 69.7 cm³/mol. The van der Waals surface area contributed by atoms with Gasteiger partial charge >= 0.3 is 0 Å². The Balaban J connectivity index is 1.69. The molecule has 2 heterocycles. The maximum absolute atomic E-state index is 12.6. The summed E-state index contributed by atoms with van der Waals surface area (Å²) < 4.78 is 25.6. The fourth-order valence-electron chi connectivity index (χ4n) is 6.86. The number of thioether (sulfide) groups is 2. The average Bonchev–Trinajstić information content (AvgIpc) is 2.86. The van der Waals surface area contributed by atoms with E-state index in [9.17, 15) is 8.42 Å². The molecule has 4 aliphatic carbocycles. The van der Waals surface area contributed by atoms with Crippen molar-refractivity contribution in [2.24, 2.45) is 35.5 Å². The minimum Gasteiger partial charge on any atom is -0.228 e. The number of rotatable bonds is 0. The van der Waals surface area contributed by atoms with Gasteiger partial charge in [0.25, 0.3) is 0 Å². The van der Waals surface area contributed by atoms with Crippen LogP contribution in [0.2, 0.25) is 0 Å². The van der Waals surface area contributed by atoms with Crippen LogP contribution in [0.3, 0.4) is 0 Å². The second-order valence-corrected chi connectivity index (χ2v) is 12.0. The van der Waals surface area contributed by atoms with Crippen molar-refractivity contribution in [3.05, 3.63) is 0 Å². The third-order valence-electron chi connectivity index (χ3n) is 6.79. The first kappa shape index (κ1) is 9.54. The Morgan fingerprint density at radius 1 is 0.941 bits per heavy atom. The van der Waals surface area contributed by atoms with Gasteiger partial charge in [-0.05, 0) is 30.1 Å². The molecule has 4 saturated carbocycles. The third-order valence-corrected chi connectivity index (χ3v) is 13.3. The molecule has 92 valence electrons. The van der Waals surface area contributed by atoms with Crippen LogP contribution in [-0.4, -0.2) is 34.5 Å². The minimum absolute atomic E-state index is 0.0931. The molecule has 2 aliphatic heterocycles. The zero-order valence-corrected chi connectivity index (χ0v) is 11.7. The van der Waals surface area contributed by atoms with E-state index in [1.165, 1.54) is 17.9 Å². The molecule has 17 heavy (non-hydrogen) atoms. The van der Waals surface area contributed by atoms with E-state index in [1.54, 1.807) is 0 Å². The Bertz CT molecular complexity index is 550. The van der Waals surface area contributed by atoms with Crippen LogP contribution in [0.4, 0.5) is 0 Å². The Morgan fingerprint density at radius 3 is 2.47 bits per heavy atom. The molecule has 0 N–H and O–H groups in total. The number of hydrogen-bond acceptors (Lipinski definition) is 4. The quantitative estimate of drug-likeness (QED) is 0.675. The monoisotopic (exact) mass is 286 g/mol. The van der Waals surface area contributed by atoms with Crippen molar-refractivity contribution >= 4 is 33.4 Å². The van der Waals surface area contributed by atoms with Crippen LogP contribution in [0.25, 0.3) is 0 Å². The van der Waals surface area contributed by atoms with Crippen LogP contribution in [0.15, 0.2) is 0 Å². The molecule has 6 fully saturated rings. The van der Waals surface area contributed by atoms with Crippen LogP contribution in [0.5, 0.6) is 0 Å². The highest BCUT2D eigenvalue weighted by Gasteiger charge is 2.90. The summed E-state index contributed by atoms with van der Waals surface area (Å²) in [4.78, 5) is 0. The molecule has 1 spiro atoms. The highest BCUT2D eigenvalue weighted by Crippen LogP contribution is 2.87. The smallest absolute Gasteiger partial charge is 0.157 e. The SMILES string of the molecule is O=S1(=O)[C@@H]2[C@H]3C[C@H]4[C@@H]5[C@@H]3[C@@H]1[C@H]5C1(SCCS1)[C@H]42. The van der Waals surface area contributed by atoms with E-state index in [2.05, 4.69) is 23.5 Å². The molecule has 2 bridgehead atoms. The van der Waals surface area contributed by atoms with Crippen LogP contribution < -0.4 is 0 Å². The van der Waals surface area contributed by atoms with Gasteiger partial charge in [-0.25, -0.2) is 8.42 Å². The summed E-state index contributed by atoms with van der Waals surface area (Å²) >= 11 is 4.28. The molecule has 0 aromatic rings. The lowest BCUT2D eigenvalue weighted by atomic mass is 9.64. The van der Waals surface area contributed by atoms with Crippen LogP contribution in [0, 0.1) is 35.5 Å². The number of fused-ring (bicyclic) bond motifs is 4. The molecule has 6 rings (SSSR count). The van der Waals surface area contributed by atoms with Gasteiger partial charge in [-0.15, -0.1) is 23.5 Å². The minimum atomic E-state index is -2.73. The van der Waals surface area contributed by atoms with Gasteiger partial charge in [0.05, 0.1) is 14.6 Å². The van der Waals surface area contributed by atoms with Crippen molar-refractivity contribution in [1.82, 2.24) is 0 Å². The molecule has 2 saturated heterocycles. The van der Waals surface area contributed by atoms with Gasteiger partial charge in [0.2, 0.25) is 0 Å². The summed E-state index contributed by atoms with van der Waals surface area (Å²) in [7, 11) is -2.73. The van der Waals surface area contributed by atoms with Gasteiger partial charge in [0.15, 0.2) is 9.84 Å². The third kappa shape index (κ3) is 0.659. The Labute approximate surface area is 110 Å². The molecule has 8 atom stereocenters. The fourth-order valence-corrected chi connectivity index (χ4v) is 15.0. The van der Waals surface area contributed by atoms with Crippen LogP contribution in [0.1, 0.15) is 6.42 Å². The molecular formula is C12H14O2S3. The number of sulfone groups is 1. The standard InChI is InChI=1S/C12H14O2S3/c13-17(14)10-5-3-4-6-7(5)11(17)9(6)12(8(4)10)15-1-2-16-12/h4-11H,1-3H2/t4-,5-,6+,7+,8+,9-,10+,11+/m0/s1. The predicted octanol–water partition coefficient (Wildman–Crippen LogP) is 1.47. The lowest BCUT2D eigenvalue weighted by molar-refractivity contribution is 0.102. The van der Waals surface area contributed by atoms with Gasteiger partial charge in [-0.1, -0.05) is 0 Å². The van der Waals surface area contributed by atoms with Gasteiger partial charge < -0.3 is 0 Å². The van der Waals surface area contributed by atoms with Crippen LogP contribution >= 0.6 is 23.5 Å². The Kier molecular flexibility index (Phi) is 1.32. The number of hydrogen-bond donors (Lipinski definition) is 0. The van der Waals surface area contributed by atoms with Crippen molar-refractivity contribution < 1.29 is 8.42 Å². The molecule has 0 unspecified atom stereocenters. The second kappa shape index (κ2) is 2.35. The normalized spacial score (nSPS) is 69.4. The maximum Gasteiger partial charge on any atom is 0.157 e. The van der Waals surface area contributed by atoms with Crippen molar-refractivity contribution in [1.29, 1.82) is 0 Å². The van der Waals surface area contributed by atoms with Crippen LogP contribution in [-0.2, 0) is 9.84 Å². The topological polar surface area (TPSA) is 34.1 Å². The first-order chi connectivity index (χ1) is 8.18. The van der Waals surface area contributed by atoms with E-state index in [-0.39, 0.29) is 10.5 Å². The Hall–Kier alpha value is 0.650. The summed E-state index contributed by atoms with van der Waals surface area (Å²) in [6, 6.07) is 0. The fraction of sp³-hybridized carbons (Fsp3) is 1.00. The van der Waals surface area contributed by atoms with E-state index in [4.69, 9.17) is 0 Å². The van der Waals surface area contributed by atoms with E-state index in [0.29, 0.717) is 27.8 Å². The summed E-state index contributed by atoms with van der Waals surface area (Å²) in [5.74, 6) is 6.42. The Morgan fingerprint density at radius 2 is 1.71 bits per heavy atom. The van der Waals surface area contributed by atoms with Gasteiger partial charge in [0.1, 0.15) is 0 Å². The average molecular weight is 286 g/mol. The van der Waals surface area contributed by atoms with E-state index < -0.39 is 9.84 Å². The molecule has 5 heteroatoms. The second-order valence-electron chi connectivity index (χ2n) is 6.71. The highest BCUT2D eigenvalue weighted by atomic mass is 32.2. The molecular weight excluding hydrogens is 272 g/mol. The van der Waals surface area contributed by atoms with E-state index >= 15 is 0 Å². The lowest BCUT2D eigenvalue weighted by Gasteiger charge is -2.50. The molecule has 0 aromatic heterocycles. The molecule has 0 aromatic carbocycles. The van der Waals surface area contributed by atoms with Crippen molar-refractivity contribution in [2.45, 2.75) is 21.0 Å². The van der Waals surface area contributed by atoms with Gasteiger partial charge in [0, 0.05) is 23.3 Å². The maximum atomic E-state index is 12.6. The molecule has 0 radical (unpaired) electrons. The van der Waals surface area contributed by atoms with Gasteiger partial charge in [-0.3, -0.25) is 0 Å². The first-order valence-corrected chi connectivity index (χ1v) is 10.3. The lowest BCUT2D eigenvalue weighted by Crippen LogP contribution is -2.57. The zero-order valence-electron chi connectivity index (χ0n) is 9.28. The highest BCUT2D eigenvalue weighted by molar-refractivity contribution is 8.21. The summed E-state index contributed by atoms with van der Waals surface area (Å²) in [5, 5.41) is 0.194.